The van der Waals surface area contributed by atoms with Gasteiger partial charge in [-0.1, -0.05) is 372 Å². The first-order chi connectivity index (χ1) is 66.2. The lowest BCUT2D eigenvalue weighted by Crippen LogP contribution is -2.16. The van der Waals surface area contributed by atoms with E-state index in [1.165, 1.54) is 126 Å². The summed E-state index contributed by atoms with van der Waals surface area (Å²) in [5, 5.41) is 22.3. The minimum atomic E-state index is -0.113. The SMILES string of the molecule is CC1(C)c2ccccc2-c2ccc(N(c3ccc(-c4ccc(-c5ccc6c7ccccc7c7ccccc7c6c5)cc4)cc3)c3ccc(-c4ccc5oc6ccccc6c5c4)cc3)cc21.c1ccc2c(c1)oc1c(-c3ccc(N(c4ccc(-c5ccc(-c6ccc7c8ccccc8c8ccccc8c7c6)cc5)cc4)c4ccc(-c5cccc6c5oc5ccccc56)cc4)cc3)cccc12. The predicted molar refractivity (Wildman–Crippen MR) is 565 cm³/mol. The first kappa shape index (κ1) is 77.7. The number of benzene rings is 23. The monoisotopic (exact) mass is 1710 g/mol. The van der Waals surface area contributed by atoms with Crippen LogP contribution in [0.4, 0.5) is 34.1 Å². The maximum atomic E-state index is 6.45. The second-order valence-corrected chi connectivity index (χ2v) is 36.0. The Morgan fingerprint density at radius 1 is 0.149 bits per heavy atom. The number of anilines is 6. The van der Waals surface area contributed by atoms with E-state index in [0.717, 1.165) is 139 Å². The molecule has 23 aromatic carbocycles. The summed E-state index contributed by atoms with van der Waals surface area (Å²) in [6, 6.07) is 172. The Morgan fingerprint density at radius 2 is 0.396 bits per heavy atom. The highest BCUT2D eigenvalue weighted by atomic mass is 16.3. The largest absolute Gasteiger partial charge is 0.456 e. The van der Waals surface area contributed by atoms with Gasteiger partial charge in [0.05, 0.1) is 0 Å². The highest BCUT2D eigenvalue weighted by molar-refractivity contribution is 6.27. The van der Waals surface area contributed by atoms with Crippen molar-refractivity contribution >= 4 is 165 Å². The molecular formula is C129H84N2O3. The minimum absolute atomic E-state index is 0.113. The van der Waals surface area contributed by atoms with Gasteiger partial charge in [0.2, 0.25) is 0 Å². The Hall–Kier alpha value is -17.4. The fourth-order valence-electron chi connectivity index (χ4n) is 21.5. The summed E-state index contributed by atoms with van der Waals surface area (Å²) >= 11 is 0. The molecule has 134 heavy (non-hydrogen) atoms. The quantitative estimate of drug-likeness (QED) is 0.108. The van der Waals surface area contributed by atoms with E-state index in [1.54, 1.807) is 0 Å². The molecule has 5 nitrogen and oxygen atoms in total. The summed E-state index contributed by atoms with van der Waals surface area (Å²) in [4.78, 5) is 4.73. The van der Waals surface area contributed by atoms with Gasteiger partial charge in [-0.3, -0.25) is 0 Å². The van der Waals surface area contributed by atoms with Gasteiger partial charge < -0.3 is 23.1 Å². The molecule has 3 heterocycles. The maximum Gasteiger partial charge on any atom is 0.143 e. The number of nitrogens with zero attached hydrogens (tertiary/aromatic N) is 2. The Labute approximate surface area is 774 Å². The molecule has 0 aliphatic heterocycles. The van der Waals surface area contributed by atoms with Crippen LogP contribution in [0.3, 0.4) is 0 Å². The molecule has 0 saturated carbocycles. The first-order valence-electron chi connectivity index (χ1n) is 46.1. The molecule has 0 fully saturated rings. The summed E-state index contributed by atoms with van der Waals surface area (Å²) in [5.74, 6) is 0. The van der Waals surface area contributed by atoms with Crippen LogP contribution in [0.1, 0.15) is 25.0 Å². The molecule has 26 aromatic rings. The third kappa shape index (κ3) is 13.1. The van der Waals surface area contributed by atoms with Crippen molar-refractivity contribution in [3.8, 4) is 89.0 Å². The van der Waals surface area contributed by atoms with Crippen LogP contribution in [0.2, 0.25) is 0 Å². The van der Waals surface area contributed by atoms with Gasteiger partial charge >= 0.3 is 0 Å². The molecule has 0 radical (unpaired) electrons. The molecule has 5 heteroatoms. The molecule has 1 aliphatic carbocycles. The number of rotatable bonds is 13. The lowest BCUT2D eigenvalue weighted by Gasteiger charge is -2.28. The van der Waals surface area contributed by atoms with E-state index >= 15 is 0 Å². The average Bonchev–Trinajstić information content (AvgIpc) is 1.24. The van der Waals surface area contributed by atoms with E-state index < -0.39 is 0 Å². The highest BCUT2D eigenvalue weighted by Crippen LogP contribution is 2.53. The van der Waals surface area contributed by atoms with Crippen LogP contribution in [0.5, 0.6) is 0 Å². The van der Waals surface area contributed by atoms with Gasteiger partial charge in [-0.05, 0) is 269 Å². The van der Waals surface area contributed by atoms with Gasteiger partial charge in [0.25, 0.3) is 0 Å². The average molecular weight is 1710 g/mol. The van der Waals surface area contributed by atoms with E-state index in [2.05, 4.69) is 460 Å². The Morgan fingerprint density at radius 3 is 0.791 bits per heavy atom. The van der Waals surface area contributed by atoms with E-state index in [1.807, 2.05) is 36.4 Å². The molecule has 0 amide bonds. The number of hydrogen-bond donors (Lipinski definition) is 0. The molecule has 0 bridgehead atoms. The van der Waals surface area contributed by atoms with Crippen molar-refractivity contribution in [1.29, 1.82) is 0 Å². The zero-order valence-corrected chi connectivity index (χ0v) is 73.7. The molecule has 628 valence electrons. The Bertz CT molecular complexity index is 8950. The predicted octanol–water partition coefficient (Wildman–Crippen LogP) is 36.9. The molecule has 0 atom stereocenters. The number of para-hydroxylation sites is 5. The Kier molecular flexibility index (Phi) is 18.3. The standard InChI is InChI=1S/C66H41NO2.C63H43NO/c1-2-13-55-53(11-1)54-12-3-4-14-56(54)62-41-47(33-40-57(55)62)44-25-23-42(24-26-44)43-27-34-48(35-28-43)67(49-36-29-45(30-37-49)51-17-9-19-60-58-15-5-7-21-63(58)68-65(51)60)50-38-31-46(32-39-50)52-18-10-20-61-59-16-6-8-22-64(59)69-66(52)61;1-63(2)59-17-9-7-15-54(59)55-35-33-48(39-60(55)63)64(47-31-25-43(26-32-47)45-28-36-62-58(38-45)56-16-8-10-18-61(56)65-62)46-29-23-41(24-30-46)40-19-21-42(22-20-40)44-27-34-53-51-13-4-3-11-49(51)50-12-5-6-14-52(50)57(53)37-44/h1-41H;3-39H,1-2H3. The fraction of sp³-hybridized carbons (Fsp3) is 0.0233. The maximum absolute atomic E-state index is 6.45. The van der Waals surface area contributed by atoms with Crippen molar-refractivity contribution < 1.29 is 13.3 Å². The lowest BCUT2D eigenvalue weighted by atomic mass is 9.82. The van der Waals surface area contributed by atoms with Gasteiger partial charge in [-0.25, -0.2) is 0 Å². The van der Waals surface area contributed by atoms with E-state index in [9.17, 15) is 0 Å². The molecular weight excluding hydrogens is 1630 g/mol. The Balaban J connectivity index is 0.000000140. The topological polar surface area (TPSA) is 45.9 Å². The van der Waals surface area contributed by atoms with Crippen molar-refractivity contribution in [2.24, 2.45) is 0 Å². The van der Waals surface area contributed by atoms with Gasteiger partial charge in [0.1, 0.15) is 33.5 Å². The smallest absolute Gasteiger partial charge is 0.143 e. The van der Waals surface area contributed by atoms with Crippen molar-refractivity contribution in [3.05, 3.63) is 484 Å². The molecule has 27 rings (SSSR count). The van der Waals surface area contributed by atoms with Gasteiger partial charge in [0, 0.05) is 83.0 Å². The van der Waals surface area contributed by atoms with Crippen LogP contribution in [0.15, 0.2) is 486 Å². The molecule has 0 spiro atoms. The molecule has 0 N–H and O–H groups in total. The van der Waals surface area contributed by atoms with Crippen LogP contribution in [0, 0.1) is 0 Å². The summed E-state index contributed by atoms with van der Waals surface area (Å²) in [6.07, 6.45) is 0. The highest BCUT2D eigenvalue weighted by Gasteiger charge is 2.36. The van der Waals surface area contributed by atoms with Crippen molar-refractivity contribution in [3.63, 3.8) is 0 Å². The van der Waals surface area contributed by atoms with E-state index in [-0.39, 0.29) is 5.41 Å². The van der Waals surface area contributed by atoms with Crippen molar-refractivity contribution in [1.82, 2.24) is 0 Å². The third-order valence-corrected chi connectivity index (χ3v) is 28.2. The minimum Gasteiger partial charge on any atom is -0.456 e. The summed E-state index contributed by atoms with van der Waals surface area (Å²) < 4.78 is 19.0. The van der Waals surface area contributed by atoms with E-state index in [0.29, 0.717) is 0 Å². The number of hydrogen-bond acceptors (Lipinski definition) is 5. The summed E-state index contributed by atoms with van der Waals surface area (Å²) in [7, 11) is 0. The normalized spacial score (nSPS) is 12.3. The van der Waals surface area contributed by atoms with Gasteiger partial charge in [-0.2, -0.15) is 0 Å². The van der Waals surface area contributed by atoms with Crippen LogP contribution in [0.25, 0.3) is 219 Å². The van der Waals surface area contributed by atoms with Crippen LogP contribution >= 0.6 is 0 Å². The molecule has 3 aromatic heterocycles. The number of fused-ring (bicyclic) bond motifs is 24. The van der Waals surface area contributed by atoms with Gasteiger partial charge in [0.15, 0.2) is 0 Å². The van der Waals surface area contributed by atoms with Gasteiger partial charge in [-0.15, -0.1) is 0 Å². The van der Waals surface area contributed by atoms with Crippen LogP contribution in [-0.2, 0) is 5.41 Å². The molecule has 0 unspecified atom stereocenters. The second kappa shape index (κ2) is 31.5. The van der Waals surface area contributed by atoms with Crippen LogP contribution < -0.4 is 9.80 Å². The van der Waals surface area contributed by atoms with Crippen molar-refractivity contribution in [2.75, 3.05) is 9.80 Å². The lowest BCUT2D eigenvalue weighted by molar-refractivity contribution is 0.660. The first-order valence-corrected chi connectivity index (χ1v) is 46.1. The zero-order valence-electron chi connectivity index (χ0n) is 73.7. The molecule has 0 saturated heterocycles. The second-order valence-electron chi connectivity index (χ2n) is 36.0. The van der Waals surface area contributed by atoms with Crippen LogP contribution in [-0.4, -0.2) is 0 Å². The summed E-state index contributed by atoms with van der Waals surface area (Å²) in [6.45, 7) is 4.70. The summed E-state index contributed by atoms with van der Waals surface area (Å²) in [5.41, 5.74) is 33.4. The zero-order chi connectivity index (χ0) is 88.6. The number of furan rings is 3. The van der Waals surface area contributed by atoms with E-state index in [4.69, 9.17) is 13.3 Å². The third-order valence-electron chi connectivity index (χ3n) is 28.2. The molecule has 1 aliphatic rings. The van der Waals surface area contributed by atoms with Crippen molar-refractivity contribution in [2.45, 2.75) is 19.3 Å². The fourth-order valence-corrected chi connectivity index (χ4v) is 21.5.